The van der Waals surface area contributed by atoms with Crippen molar-refractivity contribution in [1.82, 2.24) is 9.55 Å². The molecule has 0 aliphatic rings. The highest BCUT2D eigenvalue weighted by molar-refractivity contribution is 5.83. The van der Waals surface area contributed by atoms with Crippen molar-refractivity contribution in [3.8, 4) is 0 Å². The van der Waals surface area contributed by atoms with Crippen molar-refractivity contribution in [1.29, 1.82) is 0 Å². The van der Waals surface area contributed by atoms with Gasteiger partial charge in [-0.05, 0) is 19.1 Å². The lowest BCUT2D eigenvalue weighted by Crippen LogP contribution is -2.14. The van der Waals surface area contributed by atoms with Crippen molar-refractivity contribution in [2.45, 2.75) is 33.7 Å². The summed E-state index contributed by atoms with van der Waals surface area (Å²) in [5.74, 6) is 1.20. The van der Waals surface area contributed by atoms with Crippen LogP contribution in [0.15, 0.2) is 24.3 Å². The van der Waals surface area contributed by atoms with Gasteiger partial charge in [0.15, 0.2) is 0 Å². The number of carbonyl (C=O) groups excluding carboxylic acids is 1. The first-order valence-electron chi connectivity index (χ1n) is 6.10. The molecule has 0 aliphatic carbocycles. The Morgan fingerprint density at radius 1 is 1.35 bits per heavy atom. The monoisotopic (exact) mass is 230 g/mol. The molecule has 0 saturated carbocycles. The Hall–Kier alpha value is -1.64. The third-order valence-electron chi connectivity index (χ3n) is 3.03. The number of ketones is 1. The number of aromatic nitrogens is 2. The van der Waals surface area contributed by atoms with E-state index < -0.39 is 0 Å². The van der Waals surface area contributed by atoms with Gasteiger partial charge in [0.1, 0.15) is 11.6 Å². The zero-order valence-electron chi connectivity index (χ0n) is 10.6. The molecule has 90 valence electrons. The minimum Gasteiger partial charge on any atom is -0.328 e. The fraction of sp³-hybridized carbons (Fsp3) is 0.429. The Morgan fingerprint density at radius 2 is 2.06 bits per heavy atom. The van der Waals surface area contributed by atoms with Gasteiger partial charge in [0, 0.05) is 12.5 Å². The van der Waals surface area contributed by atoms with Crippen molar-refractivity contribution in [2.24, 2.45) is 5.92 Å². The predicted molar refractivity (Wildman–Crippen MR) is 69.0 cm³/mol. The number of hydrogen-bond acceptors (Lipinski definition) is 2. The van der Waals surface area contributed by atoms with Gasteiger partial charge in [-0.15, -0.1) is 0 Å². The molecule has 0 bridgehead atoms. The van der Waals surface area contributed by atoms with Crippen LogP contribution in [0.3, 0.4) is 0 Å². The van der Waals surface area contributed by atoms with Crippen molar-refractivity contribution in [3.05, 3.63) is 30.1 Å². The largest absolute Gasteiger partial charge is 0.328 e. The van der Waals surface area contributed by atoms with Crippen molar-refractivity contribution >= 4 is 16.8 Å². The summed E-state index contributed by atoms with van der Waals surface area (Å²) in [5.41, 5.74) is 2.09. The average Bonchev–Trinajstić information content (AvgIpc) is 2.65. The first-order valence-corrected chi connectivity index (χ1v) is 6.10. The molecule has 2 aromatic rings. The van der Waals surface area contributed by atoms with Crippen LogP contribution in [0.5, 0.6) is 0 Å². The zero-order chi connectivity index (χ0) is 12.4. The van der Waals surface area contributed by atoms with E-state index in [2.05, 4.69) is 22.5 Å². The Balaban J connectivity index is 2.43. The van der Waals surface area contributed by atoms with Gasteiger partial charge in [-0.25, -0.2) is 4.98 Å². The van der Waals surface area contributed by atoms with Crippen LogP contribution in [0.4, 0.5) is 0 Å². The maximum atomic E-state index is 11.8. The van der Waals surface area contributed by atoms with Gasteiger partial charge < -0.3 is 4.57 Å². The van der Waals surface area contributed by atoms with Gasteiger partial charge in [0.25, 0.3) is 0 Å². The molecule has 3 heteroatoms. The molecule has 0 aliphatic heterocycles. The van der Waals surface area contributed by atoms with E-state index >= 15 is 0 Å². The molecular weight excluding hydrogens is 212 g/mol. The molecule has 1 aromatic heterocycles. The summed E-state index contributed by atoms with van der Waals surface area (Å²) >= 11 is 0. The minimum absolute atomic E-state index is 0.0696. The molecule has 0 atom stereocenters. The summed E-state index contributed by atoms with van der Waals surface area (Å²) in [6.45, 7) is 6.79. The second-order valence-electron chi connectivity index (χ2n) is 4.56. The molecule has 3 nitrogen and oxygen atoms in total. The zero-order valence-corrected chi connectivity index (χ0v) is 10.6. The quantitative estimate of drug-likeness (QED) is 0.809. The molecule has 17 heavy (non-hydrogen) atoms. The van der Waals surface area contributed by atoms with Gasteiger partial charge in [0.05, 0.1) is 17.5 Å². The van der Waals surface area contributed by atoms with Crippen LogP contribution in [0.2, 0.25) is 0 Å². The van der Waals surface area contributed by atoms with E-state index in [0.717, 1.165) is 23.4 Å². The molecule has 0 saturated heterocycles. The number of hydrogen-bond donors (Lipinski definition) is 0. The van der Waals surface area contributed by atoms with Gasteiger partial charge in [-0.3, -0.25) is 4.79 Å². The van der Waals surface area contributed by atoms with Gasteiger partial charge in [-0.2, -0.15) is 0 Å². The highest BCUT2D eigenvalue weighted by Crippen LogP contribution is 2.17. The second-order valence-corrected chi connectivity index (χ2v) is 4.56. The third kappa shape index (κ3) is 2.23. The summed E-state index contributed by atoms with van der Waals surface area (Å²) in [6, 6.07) is 8.02. The first kappa shape index (κ1) is 11.8. The van der Waals surface area contributed by atoms with E-state index in [1.165, 1.54) is 0 Å². The Labute approximate surface area is 101 Å². The maximum Gasteiger partial charge on any atom is 0.142 e. The molecule has 0 radical (unpaired) electrons. The molecule has 2 rings (SSSR count). The fourth-order valence-electron chi connectivity index (χ4n) is 1.97. The molecule has 0 N–H and O–H groups in total. The van der Waals surface area contributed by atoms with Crippen LogP contribution in [0.1, 0.15) is 26.6 Å². The Bertz CT molecular complexity index is 540. The van der Waals surface area contributed by atoms with Crippen LogP contribution in [-0.2, 0) is 17.8 Å². The summed E-state index contributed by atoms with van der Waals surface area (Å²) in [6.07, 6.45) is 0.431. The van der Waals surface area contributed by atoms with Gasteiger partial charge in [-0.1, -0.05) is 26.0 Å². The number of para-hydroxylation sites is 2. The summed E-state index contributed by atoms with van der Waals surface area (Å²) in [7, 11) is 0. The molecule has 0 amide bonds. The molecule has 0 spiro atoms. The second kappa shape index (κ2) is 4.70. The smallest absolute Gasteiger partial charge is 0.142 e. The van der Waals surface area contributed by atoms with Crippen LogP contribution in [-0.4, -0.2) is 15.3 Å². The number of aryl methyl sites for hydroxylation is 1. The van der Waals surface area contributed by atoms with E-state index in [1.807, 2.05) is 32.0 Å². The molecule has 0 fully saturated rings. The number of carbonyl (C=O) groups is 1. The Kier molecular flexibility index (Phi) is 3.27. The number of nitrogens with zero attached hydrogens (tertiary/aromatic N) is 2. The molecule has 1 aromatic carbocycles. The molecule has 1 heterocycles. The number of fused-ring (bicyclic) bond motifs is 1. The lowest BCUT2D eigenvalue weighted by atomic mass is 10.1. The fourth-order valence-corrected chi connectivity index (χ4v) is 1.97. The highest BCUT2D eigenvalue weighted by atomic mass is 16.1. The highest BCUT2D eigenvalue weighted by Gasteiger charge is 2.14. The number of Topliss-reactive ketones (excluding diaryl/α,β-unsaturated/α-hetero) is 1. The van der Waals surface area contributed by atoms with Crippen molar-refractivity contribution in [2.75, 3.05) is 0 Å². The van der Waals surface area contributed by atoms with E-state index in [0.29, 0.717) is 6.42 Å². The maximum absolute atomic E-state index is 11.8. The van der Waals surface area contributed by atoms with E-state index in [-0.39, 0.29) is 11.7 Å². The molecule has 0 unspecified atom stereocenters. The number of imidazole rings is 1. The van der Waals surface area contributed by atoms with Gasteiger partial charge in [0.2, 0.25) is 0 Å². The summed E-state index contributed by atoms with van der Waals surface area (Å²) in [5, 5.41) is 0. The van der Waals surface area contributed by atoms with E-state index in [9.17, 15) is 4.79 Å². The summed E-state index contributed by atoms with van der Waals surface area (Å²) in [4.78, 5) is 16.4. The minimum atomic E-state index is 0.0696. The van der Waals surface area contributed by atoms with E-state index in [4.69, 9.17) is 0 Å². The van der Waals surface area contributed by atoms with Crippen molar-refractivity contribution < 1.29 is 4.79 Å². The standard InChI is InChI=1S/C14H18N2O/c1-4-16-12-8-6-5-7-11(12)15-14(16)9-13(17)10(2)3/h5-8,10H,4,9H2,1-3H3. The normalized spacial score (nSPS) is 11.3. The number of rotatable bonds is 4. The predicted octanol–water partition coefficient (Wildman–Crippen LogP) is 2.82. The van der Waals surface area contributed by atoms with Crippen LogP contribution in [0, 0.1) is 5.92 Å². The van der Waals surface area contributed by atoms with Crippen LogP contribution in [0.25, 0.3) is 11.0 Å². The van der Waals surface area contributed by atoms with E-state index in [1.54, 1.807) is 0 Å². The third-order valence-corrected chi connectivity index (χ3v) is 3.03. The van der Waals surface area contributed by atoms with Crippen LogP contribution >= 0.6 is 0 Å². The lowest BCUT2D eigenvalue weighted by Gasteiger charge is -2.06. The average molecular weight is 230 g/mol. The van der Waals surface area contributed by atoms with Crippen LogP contribution < -0.4 is 0 Å². The Morgan fingerprint density at radius 3 is 2.71 bits per heavy atom. The van der Waals surface area contributed by atoms with Gasteiger partial charge >= 0.3 is 0 Å². The lowest BCUT2D eigenvalue weighted by molar-refractivity contribution is -0.121. The topological polar surface area (TPSA) is 34.9 Å². The first-order chi connectivity index (χ1) is 8.13. The molecular formula is C14H18N2O. The SMILES string of the molecule is CCn1c(CC(=O)C(C)C)nc2ccccc21. The van der Waals surface area contributed by atoms with Crippen molar-refractivity contribution in [3.63, 3.8) is 0 Å². The summed E-state index contributed by atoms with van der Waals surface area (Å²) < 4.78 is 2.12. The number of benzene rings is 1.